The molecule has 0 aliphatic carbocycles. The highest BCUT2D eigenvalue weighted by Crippen LogP contribution is 2.35. The van der Waals surface area contributed by atoms with Gasteiger partial charge in [0.2, 0.25) is 0 Å². The summed E-state index contributed by atoms with van der Waals surface area (Å²) < 4.78 is 7.79. The van der Waals surface area contributed by atoms with Crippen molar-refractivity contribution in [2.75, 3.05) is 6.61 Å². The average molecular weight is 365 g/mol. The Labute approximate surface area is 120 Å². The van der Waals surface area contributed by atoms with Gasteiger partial charge in [-0.25, -0.2) is 0 Å². The predicted octanol–water partition coefficient (Wildman–Crippen LogP) is 4.49. The van der Waals surface area contributed by atoms with Gasteiger partial charge in [0.1, 0.15) is 5.75 Å². The lowest BCUT2D eigenvalue weighted by Gasteiger charge is -2.16. The summed E-state index contributed by atoms with van der Waals surface area (Å²) in [6.45, 7) is 5.68. The van der Waals surface area contributed by atoms with Crippen LogP contribution in [0, 0.1) is 5.92 Å². The molecule has 0 aliphatic rings. The van der Waals surface area contributed by atoms with Crippen molar-refractivity contribution in [1.82, 2.24) is 0 Å². The molecule has 1 aromatic rings. The van der Waals surface area contributed by atoms with Gasteiger partial charge in [0, 0.05) is 6.54 Å². The lowest BCUT2D eigenvalue weighted by atomic mass is 10.1. The van der Waals surface area contributed by atoms with Crippen LogP contribution in [0.25, 0.3) is 0 Å². The molecule has 96 valence electrons. The molecular formula is C13H19Br2NO. The zero-order valence-electron chi connectivity index (χ0n) is 10.3. The normalized spacial score (nSPS) is 10.9. The van der Waals surface area contributed by atoms with Crippen molar-refractivity contribution in [3.8, 4) is 5.75 Å². The van der Waals surface area contributed by atoms with Crippen molar-refractivity contribution in [3.05, 3.63) is 26.6 Å². The second-order valence-corrected chi connectivity index (χ2v) is 5.79. The Morgan fingerprint density at radius 3 is 2.12 bits per heavy atom. The van der Waals surface area contributed by atoms with Crippen LogP contribution in [0.2, 0.25) is 0 Å². The molecule has 17 heavy (non-hydrogen) atoms. The van der Waals surface area contributed by atoms with E-state index < -0.39 is 0 Å². The fourth-order valence-electron chi connectivity index (χ4n) is 1.59. The minimum atomic E-state index is 0.532. The number of rotatable bonds is 6. The first kappa shape index (κ1) is 15.0. The Bertz CT molecular complexity index is 341. The molecule has 0 aliphatic heterocycles. The van der Waals surface area contributed by atoms with Gasteiger partial charge in [-0.05, 0) is 55.5 Å². The summed E-state index contributed by atoms with van der Waals surface area (Å²) in [6, 6.07) is 4.01. The Kier molecular flexibility index (Phi) is 6.52. The van der Waals surface area contributed by atoms with Crippen molar-refractivity contribution in [3.63, 3.8) is 0 Å². The van der Waals surface area contributed by atoms with E-state index in [1.165, 1.54) is 0 Å². The maximum Gasteiger partial charge on any atom is 0.147 e. The van der Waals surface area contributed by atoms with Crippen LogP contribution in [0.5, 0.6) is 5.75 Å². The van der Waals surface area contributed by atoms with E-state index in [-0.39, 0.29) is 0 Å². The molecule has 0 amide bonds. The summed E-state index contributed by atoms with van der Waals surface area (Å²) in [6.07, 6.45) is 2.29. The number of nitrogens with two attached hydrogens (primary N) is 1. The van der Waals surface area contributed by atoms with Crippen LogP contribution < -0.4 is 10.5 Å². The third-order valence-corrected chi connectivity index (χ3v) is 4.09. The topological polar surface area (TPSA) is 35.2 Å². The first-order chi connectivity index (χ1) is 8.12. The number of hydrogen-bond donors (Lipinski definition) is 1. The summed E-state index contributed by atoms with van der Waals surface area (Å²) in [5, 5.41) is 0. The first-order valence-electron chi connectivity index (χ1n) is 5.93. The van der Waals surface area contributed by atoms with E-state index in [2.05, 4.69) is 45.7 Å². The molecule has 4 heteroatoms. The first-order valence-corrected chi connectivity index (χ1v) is 7.51. The van der Waals surface area contributed by atoms with Crippen LogP contribution in [0.3, 0.4) is 0 Å². The minimum Gasteiger partial charge on any atom is -0.491 e. The quantitative estimate of drug-likeness (QED) is 0.807. The lowest BCUT2D eigenvalue weighted by molar-refractivity contribution is 0.238. The van der Waals surface area contributed by atoms with Crippen molar-refractivity contribution in [2.24, 2.45) is 11.7 Å². The minimum absolute atomic E-state index is 0.532. The van der Waals surface area contributed by atoms with E-state index >= 15 is 0 Å². The molecule has 0 saturated carbocycles. The highest BCUT2D eigenvalue weighted by Gasteiger charge is 2.11. The highest BCUT2D eigenvalue weighted by atomic mass is 79.9. The molecule has 1 rings (SSSR count). The van der Waals surface area contributed by atoms with E-state index in [0.29, 0.717) is 12.5 Å². The van der Waals surface area contributed by atoms with Crippen molar-refractivity contribution in [2.45, 2.75) is 33.2 Å². The highest BCUT2D eigenvalue weighted by molar-refractivity contribution is 9.11. The summed E-state index contributed by atoms with van der Waals surface area (Å²) in [5.74, 6) is 1.48. The van der Waals surface area contributed by atoms with Crippen molar-refractivity contribution >= 4 is 31.9 Å². The van der Waals surface area contributed by atoms with Gasteiger partial charge in [-0.3, -0.25) is 0 Å². The maximum absolute atomic E-state index is 5.88. The van der Waals surface area contributed by atoms with Crippen molar-refractivity contribution < 1.29 is 4.74 Å². The van der Waals surface area contributed by atoms with Gasteiger partial charge in [0.25, 0.3) is 0 Å². The average Bonchev–Trinajstić information content (AvgIpc) is 2.32. The second-order valence-electron chi connectivity index (χ2n) is 4.09. The van der Waals surface area contributed by atoms with Crippen molar-refractivity contribution in [1.29, 1.82) is 0 Å². The molecule has 2 N–H and O–H groups in total. The van der Waals surface area contributed by atoms with Gasteiger partial charge in [0.15, 0.2) is 0 Å². The zero-order chi connectivity index (χ0) is 12.8. The Morgan fingerprint density at radius 2 is 1.71 bits per heavy atom. The largest absolute Gasteiger partial charge is 0.491 e. The molecule has 0 saturated heterocycles. The smallest absolute Gasteiger partial charge is 0.147 e. The van der Waals surface area contributed by atoms with E-state index in [1.807, 2.05) is 12.1 Å². The summed E-state index contributed by atoms with van der Waals surface area (Å²) >= 11 is 7.04. The van der Waals surface area contributed by atoms with Crippen LogP contribution in [0.1, 0.15) is 32.3 Å². The van der Waals surface area contributed by atoms with Gasteiger partial charge in [-0.2, -0.15) is 0 Å². The third-order valence-electron chi connectivity index (χ3n) is 2.91. The van der Waals surface area contributed by atoms with Gasteiger partial charge >= 0.3 is 0 Å². The molecule has 0 aromatic heterocycles. The van der Waals surface area contributed by atoms with Gasteiger partial charge < -0.3 is 10.5 Å². The van der Waals surface area contributed by atoms with Gasteiger partial charge in [0.05, 0.1) is 15.6 Å². The van der Waals surface area contributed by atoms with Crippen LogP contribution in [-0.4, -0.2) is 6.61 Å². The predicted molar refractivity (Wildman–Crippen MR) is 79.3 cm³/mol. The van der Waals surface area contributed by atoms with Crippen LogP contribution in [-0.2, 0) is 6.54 Å². The van der Waals surface area contributed by atoms with E-state index in [1.54, 1.807) is 0 Å². The fourth-order valence-corrected chi connectivity index (χ4v) is 3.10. The lowest BCUT2D eigenvalue weighted by Crippen LogP contribution is -2.11. The Hall–Kier alpha value is -0.0600. The Morgan fingerprint density at radius 1 is 1.18 bits per heavy atom. The SMILES string of the molecule is CCC(CC)COc1c(Br)cc(CN)cc1Br. The summed E-state index contributed by atoms with van der Waals surface area (Å²) in [4.78, 5) is 0. The second kappa shape index (κ2) is 7.39. The molecule has 0 spiro atoms. The number of halogens is 2. The fraction of sp³-hybridized carbons (Fsp3) is 0.538. The Balaban J connectivity index is 2.77. The van der Waals surface area contributed by atoms with Crippen LogP contribution >= 0.6 is 31.9 Å². The standard InChI is InChI=1S/C13H19Br2NO/c1-3-9(4-2)8-17-13-11(14)5-10(7-16)6-12(13)15/h5-6,9H,3-4,7-8,16H2,1-2H3. The number of hydrogen-bond acceptors (Lipinski definition) is 2. The molecule has 0 heterocycles. The third kappa shape index (κ3) is 4.27. The van der Waals surface area contributed by atoms with Gasteiger partial charge in [-0.1, -0.05) is 26.7 Å². The molecule has 1 aromatic carbocycles. The summed E-state index contributed by atoms with van der Waals surface area (Å²) in [7, 11) is 0. The molecule has 0 radical (unpaired) electrons. The molecule has 0 unspecified atom stereocenters. The number of ether oxygens (including phenoxy) is 1. The maximum atomic E-state index is 5.88. The zero-order valence-corrected chi connectivity index (χ0v) is 13.5. The van der Waals surface area contributed by atoms with Crippen LogP contribution in [0.15, 0.2) is 21.1 Å². The van der Waals surface area contributed by atoms with E-state index in [4.69, 9.17) is 10.5 Å². The number of benzene rings is 1. The molecule has 0 fully saturated rings. The molecule has 0 bridgehead atoms. The molecule has 0 atom stereocenters. The van der Waals surface area contributed by atoms with Crippen LogP contribution in [0.4, 0.5) is 0 Å². The van der Waals surface area contributed by atoms with E-state index in [0.717, 1.165) is 39.7 Å². The monoisotopic (exact) mass is 363 g/mol. The van der Waals surface area contributed by atoms with Gasteiger partial charge in [-0.15, -0.1) is 0 Å². The summed E-state index contributed by atoms with van der Waals surface area (Å²) in [5.41, 5.74) is 6.70. The molecule has 2 nitrogen and oxygen atoms in total. The van der Waals surface area contributed by atoms with E-state index in [9.17, 15) is 0 Å². The molecular weight excluding hydrogens is 346 g/mol.